The van der Waals surface area contributed by atoms with Gasteiger partial charge in [0.15, 0.2) is 6.61 Å². The Balaban J connectivity index is 1.95. The number of carbonyl (C=O) groups excluding carboxylic acids is 2. The van der Waals surface area contributed by atoms with Crippen LogP contribution >= 0.6 is 0 Å². The van der Waals surface area contributed by atoms with Crippen LogP contribution in [0.4, 0.5) is 5.88 Å². The number of esters is 1. The van der Waals surface area contributed by atoms with Crippen molar-refractivity contribution in [1.82, 2.24) is 4.57 Å². The molecule has 8 nitrogen and oxygen atoms in total. The number of allylic oxidation sites excluding steroid dienone is 1. The van der Waals surface area contributed by atoms with Gasteiger partial charge in [0.1, 0.15) is 10.7 Å². The summed E-state index contributed by atoms with van der Waals surface area (Å²) in [5.41, 5.74) is 2.18. The van der Waals surface area contributed by atoms with E-state index in [1.165, 1.54) is 18.2 Å². The minimum atomic E-state index is -0.752. The highest BCUT2D eigenvalue weighted by atomic mass is 16.6. The Bertz CT molecular complexity index is 888. The van der Waals surface area contributed by atoms with Gasteiger partial charge in [0, 0.05) is 29.6 Å². The van der Waals surface area contributed by atoms with Crippen molar-refractivity contribution in [1.29, 1.82) is 0 Å². The first kappa shape index (κ1) is 18.9. The number of hydrogen-bond donors (Lipinski definition) is 0. The van der Waals surface area contributed by atoms with E-state index in [2.05, 4.69) is 6.58 Å². The van der Waals surface area contributed by atoms with Gasteiger partial charge in [0.05, 0.1) is 6.07 Å². The minimum Gasteiger partial charge on any atom is -0.454 e. The number of rotatable bonds is 8. The molecule has 0 N–H and O–H groups in total. The highest BCUT2D eigenvalue weighted by molar-refractivity contribution is 6.00. The van der Waals surface area contributed by atoms with Crippen LogP contribution in [0.2, 0.25) is 0 Å². The smallest absolute Gasteiger partial charge is 0.433 e. The molecule has 2 heterocycles. The molecule has 0 saturated heterocycles. The molecule has 0 saturated carbocycles. The van der Waals surface area contributed by atoms with Gasteiger partial charge in [-0.2, -0.15) is 0 Å². The van der Waals surface area contributed by atoms with E-state index in [1.807, 2.05) is 18.4 Å². The molecule has 0 unspecified atom stereocenters. The molecular formula is C18H18N2O6. The van der Waals surface area contributed by atoms with Gasteiger partial charge < -0.3 is 13.7 Å². The molecule has 2 aromatic heterocycles. The molecule has 136 valence electrons. The molecule has 8 heteroatoms. The summed E-state index contributed by atoms with van der Waals surface area (Å²) >= 11 is 0. The van der Waals surface area contributed by atoms with Gasteiger partial charge in [-0.1, -0.05) is 6.08 Å². The summed E-state index contributed by atoms with van der Waals surface area (Å²) < 4.78 is 11.7. The zero-order chi connectivity index (χ0) is 19.3. The van der Waals surface area contributed by atoms with E-state index in [4.69, 9.17) is 9.15 Å². The molecule has 0 aromatic carbocycles. The van der Waals surface area contributed by atoms with Gasteiger partial charge in [0.25, 0.3) is 0 Å². The van der Waals surface area contributed by atoms with E-state index < -0.39 is 23.4 Å². The van der Waals surface area contributed by atoms with Crippen molar-refractivity contribution in [2.24, 2.45) is 0 Å². The number of ketones is 1. The molecule has 0 aliphatic heterocycles. The van der Waals surface area contributed by atoms with Crippen molar-refractivity contribution in [2.45, 2.75) is 20.4 Å². The Morgan fingerprint density at radius 3 is 2.73 bits per heavy atom. The number of aryl methyl sites for hydroxylation is 1. The molecule has 0 radical (unpaired) electrons. The first-order valence-corrected chi connectivity index (χ1v) is 7.73. The molecule has 0 spiro atoms. The number of ether oxygens (including phenoxy) is 1. The summed E-state index contributed by atoms with van der Waals surface area (Å²) in [4.78, 5) is 33.8. The molecule has 26 heavy (non-hydrogen) atoms. The second-order valence-electron chi connectivity index (χ2n) is 5.48. The summed E-state index contributed by atoms with van der Waals surface area (Å²) in [6.45, 7) is 7.56. The first-order chi connectivity index (χ1) is 12.3. The molecule has 2 aromatic rings. The van der Waals surface area contributed by atoms with Crippen LogP contribution < -0.4 is 0 Å². The Labute approximate surface area is 149 Å². The predicted octanol–water partition coefficient (Wildman–Crippen LogP) is 3.23. The number of nitro groups is 1. The van der Waals surface area contributed by atoms with Crippen LogP contribution in [0.25, 0.3) is 6.08 Å². The third-order valence-electron chi connectivity index (χ3n) is 3.71. The fourth-order valence-corrected chi connectivity index (χ4v) is 2.44. The zero-order valence-electron chi connectivity index (χ0n) is 14.4. The second kappa shape index (κ2) is 8.11. The van der Waals surface area contributed by atoms with Crippen LogP contribution in [0, 0.1) is 24.0 Å². The monoisotopic (exact) mass is 358 g/mol. The van der Waals surface area contributed by atoms with Gasteiger partial charge in [0.2, 0.25) is 5.78 Å². The number of nitrogens with zero attached hydrogens (tertiary/aromatic N) is 2. The number of furan rings is 1. The van der Waals surface area contributed by atoms with Gasteiger partial charge in [-0.05, 0) is 32.1 Å². The van der Waals surface area contributed by atoms with Gasteiger partial charge in [-0.15, -0.1) is 6.58 Å². The lowest BCUT2D eigenvalue weighted by molar-refractivity contribution is -0.402. The zero-order valence-corrected chi connectivity index (χ0v) is 14.4. The summed E-state index contributed by atoms with van der Waals surface area (Å²) in [6.07, 6.45) is 4.00. The fourth-order valence-electron chi connectivity index (χ4n) is 2.44. The standard InChI is InChI=1S/C18H18N2O6/c1-4-9-19-12(2)10-15(13(19)3)16(21)11-25-18(22)8-6-14-5-7-17(26-14)20(23)24/h4-8,10H,1,9,11H2,2-3H3/b8-6+. The summed E-state index contributed by atoms with van der Waals surface area (Å²) in [6, 6.07) is 4.27. The topological polar surface area (TPSA) is 105 Å². The quantitative estimate of drug-likeness (QED) is 0.179. The molecular weight excluding hydrogens is 340 g/mol. The number of hydrogen-bond acceptors (Lipinski definition) is 6. The van der Waals surface area contributed by atoms with Crippen molar-refractivity contribution in [2.75, 3.05) is 6.61 Å². The van der Waals surface area contributed by atoms with Gasteiger partial charge in [-0.25, -0.2) is 4.79 Å². The van der Waals surface area contributed by atoms with Crippen molar-refractivity contribution in [3.8, 4) is 0 Å². The van der Waals surface area contributed by atoms with E-state index >= 15 is 0 Å². The van der Waals surface area contributed by atoms with Crippen LogP contribution in [-0.4, -0.2) is 27.8 Å². The first-order valence-electron chi connectivity index (χ1n) is 7.73. The minimum absolute atomic E-state index is 0.132. The molecule has 0 bridgehead atoms. The maximum Gasteiger partial charge on any atom is 0.433 e. The Morgan fingerprint density at radius 2 is 2.12 bits per heavy atom. The van der Waals surface area contributed by atoms with Crippen LogP contribution in [0.5, 0.6) is 0 Å². The molecule has 0 aliphatic rings. The highest BCUT2D eigenvalue weighted by Gasteiger charge is 2.16. The Kier molecular flexibility index (Phi) is 5.90. The largest absolute Gasteiger partial charge is 0.454 e. The van der Waals surface area contributed by atoms with Crippen molar-refractivity contribution < 1.29 is 23.7 Å². The van der Waals surface area contributed by atoms with Crippen LogP contribution in [0.3, 0.4) is 0 Å². The summed E-state index contributed by atoms with van der Waals surface area (Å²) in [5.74, 6) is -1.36. The predicted molar refractivity (Wildman–Crippen MR) is 93.8 cm³/mol. The summed E-state index contributed by atoms with van der Waals surface area (Å²) in [5, 5.41) is 10.5. The molecule has 0 fully saturated rings. The maximum absolute atomic E-state index is 12.3. The van der Waals surface area contributed by atoms with Crippen LogP contribution in [0.15, 0.2) is 41.3 Å². The van der Waals surface area contributed by atoms with E-state index in [0.29, 0.717) is 12.1 Å². The van der Waals surface area contributed by atoms with E-state index in [-0.39, 0.29) is 11.5 Å². The number of aromatic nitrogens is 1. The average Bonchev–Trinajstić information content (AvgIpc) is 3.18. The van der Waals surface area contributed by atoms with Crippen molar-refractivity contribution >= 4 is 23.7 Å². The van der Waals surface area contributed by atoms with Crippen LogP contribution in [0.1, 0.15) is 27.5 Å². The lowest BCUT2D eigenvalue weighted by Gasteiger charge is -2.06. The maximum atomic E-state index is 12.3. The normalized spacial score (nSPS) is 10.8. The van der Waals surface area contributed by atoms with Gasteiger partial charge in [-0.3, -0.25) is 14.9 Å². The average molecular weight is 358 g/mol. The molecule has 0 atom stereocenters. The highest BCUT2D eigenvalue weighted by Crippen LogP contribution is 2.17. The fraction of sp³-hybridized carbons (Fsp3) is 0.222. The number of carbonyl (C=O) groups is 2. The lowest BCUT2D eigenvalue weighted by Crippen LogP contribution is -2.13. The summed E-state index contributed by atoms with van der Waals surface area (Å²) in [7, 11) is 0. The third-order valence-corrected chi connectivity index (χ3v) is 3.71. The molecule has 0 amide bonds. The van der Waals surface area contributed by atoms with Crippen molar-refractivity contribution in [3.63, 3.8) is 0 Å². The Morgan fingerprint density at radius 1 is 1.38 bits per heavy atom. The van der Waals surface area contributed by atoms with E-state index in [9.17, 15) is 19.7 Å². The van der Waals surface area contributed by atoms with E-state index in [0.717, 1.165) is 17.5 Å². The van der Waals surface area contributed by atoms with E-state index in [1.54, 1.807) is 12.1 Å². The van der Waals surface area contributed by atoms with Gasteiger partial charge >= 0.3 is 11.9 Å². The molecule has 0 aliphatic carbocycles. The van der Waals surface area contributed by atoms with Crippen molar-refractivity contribution in [3.05, 3.63) is 69.8 Å². The SMILES string of the molecule is C=CCn1c(C)cc(C(=O)COC(=O)/C=C/c2ccc([N+](=O)[O-])o2)c1C. The lowest BCUT2D eigenvalue weighted by atomic mass is 10.1. The third kappa shape index (κ3) is 4.35. The second-order valence-corrected chi connectivity index (χ2v) is 5.48. The Hall–Kier alpha value is -3.42. The molecule has 2 rings (SSSR count). The number of Topliss-reactive ketones (excluding diaryl/α,β-unsaturated/α-hetero) is 1. The van der Waals surface area contributed by atoms with Crippen LogP contribution in [-0.2, 0) is 16.1 Å².